The Morgan fingerprint density at radius 2 is 1.81 bits per heavy atom. The minimum Gasteiger partial charge on any atom is -0.355 e. The van der Waals surface area contributed by atoms with Crippen LogP contribution in [-0.2, 0) is 0 Å². The molecule has 1 aliphatic heterocycles. The van der Waals surface area contributed by atoms with Crippen molar-refractivity contribution in [3.8, 4) is 0 Å². The largest absolute Gasteiger partial charge is 0.355 e. The molecule has 2 amide bonds. The van der Waals surface area contributed by atoms with Gasteiger partial charge in [-0.2, -0.15) is 5.10 Å². The summed E-state index contributed by atoms with van der Waals surface area (Å²) in [5.41, 5.74) is 1.08. The molecule has 1 aromatic rings. The van der Waals surface area contributed by atoms with Crippen molar-refractivity contribution in [2.24, 2.45) is 0 Å². The summed E-state index contributed by atoms with van der Waals surface area (Å²) in [5.74, 6) is 1.02. The smallest absolute Gasteiger partial charge is 0.315 e. The summed E-state index contributed by atoms with van der Waals surface area (Å²) in [7, 11) is 0. The third-order valence-corrected chi connectivity index (χ3v) is 4.54. The molecule has 2 heterocycles. The molecule has 0 atom stereocenters. The van der Waals surface area contributed by atoms with Crippen LogP contribution in [0.25, 0.3) is 0 Å². The van der Waals surface area contributed by atoms with Crippen LogP contribution in [0, 0.1) is 6.92 Å². The topological polar surface area (TPSA) is 73.1 Å². The van der Waals surface area contributed by atoms with Crippen LogP contribution in [-0.4, -0.2) is 41.4 Å². The number of piperidine rings is 1. The van der Waals surface area contributed by atoms with Crippen molar-refractivity contribution in [3.63, 3.8) is 0 Å². The highest BCUT2D eigenvalue weighted by Gasteiger charge is 2.23. The molecule has 1 saturated heterocycles. The van der Waals surface area contributed by atoms with Crippen LogP contribution in [0.1, 0.15) is 44.2 Å². The average molecular weight is 291 g/mol. The Morgan fingerprint density at radius 1 is 1.19 bits per heavy atom. The Balaban J connectivity index is 1.42. The molecule has 6 nitrogen and oxygen atoms in total. The average Bonchev–Trinajstić information content (AvgIpc) is 3.11. The number of nitrogens with zero attached hydrogens (tertiary/aromatic N) is 2. The number of H-pyrrole nitrogens is 1. The van der Waals surface area contributed by atoms with E-state index in [-0.39, 0.29) is 12.1 Å². The number of hydrogen-bond donors (Lipinski definition) is 3. The maximum Gasteiger partial charge on any atom is 0.315 e. The van der Waals surface area contributed by atoms with Gasteiger partial charge < -0.3 is 15.5 Å². The Morgan fingerprint density at radius 3 is 2.38 bits per heavy atom. The van der Waals surface area contributed by atoms with Crippen molar-refractivity contribution < 1.29 is 4.79 Å². The molecule has 0 unspecified atom stereocenters. The number of hydrogen-bond acceptors (Lipinski definition) is 3. The van der Waals surface area contributed by atoms with Gasteiger partial charge in [-0.15, -0.1) is 0 Å². The zero-order valence-electron chi connectivity index (χ0n) is 12.7. The number of carbonyl (C=O) groups excluding carboxylic acids is 1. The van der Waals surface area contributed by atoms with Crippen LogP contribution in [0.4, 0.5) is 10.6 Å². The molecular weight excluding hydrogens is 266 g/mol. The Bertz CT molecular complexity index is 472. The van der Waals surface area contributed by atoms with Gasteiger partial charge in [-0.1, -0.05) is 12.8 Å². The van der Waals surface area contributed by atoms with Gasteiger partial charge in [0.2, 0.25) is 0 Å². The normalized spacial score (nSPS) is 20.7. The zero-order chi connectivity index (χ0) is 14.7. The lowest BCUT2D eigenvalue weighted by atomic mass is 10.1. The number of anilines is 1. The summed E-state index contributed by atoms with van der Waals surface area (Å²) >= 11 is 0. The van der Waals surface area contributed by atoms with Crippen LogP contribution in [0.2, 0.25) is 0 Å². The van der Waals surface area contributed by atoms with E-state index in [1.165, 1.54) is 12.8 Å². The molecule has 0 radical (unpaired) electrons. The summed E-state index contributed by atoms with van der Waals surface area (Å²) < 4.78 is 0. The summed E-state index contributed by atoms with van der Waals surface area (Å²) in [6.07, 6.45) is 6.70. The summed E-state index contributed by atoms with van der Waals surface area (Å²) in [6.45, 7) is 3.90. The number of aryl methyl sites for hydroxylation is 1. The van der Waals surface area contributed by atoms with E-state index in [9.17, 15) is 4.79 Å². The van der Waals surface area contributed by atoms with E-state index in [0.29, 0.717) is 6.04 Å². The van der Waals surface area contributed by atoms with E-state index in [2.05, 4.69) is 31.8 Å². The molecule has 1 aliphatic carbocycles. The highest BCUT2D eigenvalue weighted by Crippen LogP contribution is 2.19. The second kappa shape index (κ2) is 6.37. The molecular formula is C15H25N5O. The molecule has 0 bridgehead atoms. The number of nitrogens with one attached hydrogen (secondary N) is 3. The van der Waals surface area contributed by atoms with E-state index in [0.717, 1.165) is 50.3 Å². The predicted molar refractivity (Wildman–Crippen MR) is 82.5 cm³/mol. The minimum atomic E-state index is 0.0102. The quantitative estimate of drug-likeness (QED) is 0.796. The Labute approximate surface area is 125 Å². The van der Waals surface area contributed by atoms with E-state index < -0.39 is 0 Å². The Hall–Kier alpha value is -1.72. The number of amides is 2. The lowest BCUT2D eigenvalue weighted by molar-refractivity contribution is 0.230. The second-order valence-corrected chi connectivity index (χ2v) is 6.27. The van der Waals surface area contributed by atoms with Crippen molar-refractivity contribution in [2.75, 3.05) is 18.0 Å². The van der Waals surface area contributed by atoms with Gasteiger partial charge in [-0.25, -0.2) is 4.79 Å². The predicted octanol–water partition coefficient (Wildman–Crippen LogP) is 1.93. The highest BCUT2D eigenvalue weighted by atomic mass is 16.2. The maximum absolute atomic E-state index is 12.0. The molecule has 2 fully saturated rings. The molecule has 0 aromatic carbocycles. The third-order valence-electron chi connectivity index (χ3n) is 4.54. The molecule has 6 heteroatoms. The van der Waals surface area contributed by atoms with Gasteiger partial charge in [-0.3, -0.25) is 5.10 Å². The first-order chi connectivity index (χ1) is 10.2. The number of aromatic nitrogens is 2. The fourth-order valence-electron chi connectivity index (χ4n) is 3.30. The monoisotopic (exact) mass is 291 g/mol. The van der Waals surface area contributed by atoms with Crippen LogP contribution in [0.3, 0.4) is 0 Å². The van der Waals surface area contributed by atoms with E-state index >= 15 is 0 Å². The van der Waals surface area contributed by atoms with Crippen LogP contribution in [0.15, 0.2) is 6.07 Å². The van der Waals surface area contributed by atoms with Gasteiger partial charge in [0.15, 0.2) is 5.82 Å². The standard InChI is InChI=1S/C15H25N5O/c1-11-10-14(19-18-11)20-8-6-13(7-9-20)17-15(21)16-12-4-2-3-5-12/h10,12-13H,2-9H2,1H3,(H,18,19)(H2,16,17,21). The van der Waals surface area contributed by atoms with Crippen molar-refractivity contribution >= 4 is 11.8 Å². The van der Waals surface area contributed by atoms with Gasteiger partial charge >= 0.3 is 6.03 Å². The molecule has 3 N–H and O–H groups in total. The van der Waals surface area contributed by atoms with Gasteiger partial charge in [0, 0.05) is 36.9 Å². The molecule has 2 aliphatic rings. The lowest BCUT2D eigenvalue weighted by Crippen LogP contribution is -2.49. The minimum absolute atomic E-state index is 0.0102. The van der Waals surface area contributed by atoms with Crippen LogP contribution in [0.5, 0.6) is 0 Å². The lowest BCUT2D eigenvalue weighted by Gasteiger charge is -2.32. The van der Waals surface area contributed by atoms with Gasteiger partial charge in [0.05, 0.1) is 0 Å². The van der Waals surface area contributed by atoms with E-state index in [4.69, 9.17) is 0 Å². The second-order valence-electron chi connectivity index (χ2n) is 6.27. The Kier molecular flexibility index (Phi) is 4.31. The fraction of sp³-hybridized carbons (Fsp3) is 0.733. The maximum atomic E-state index is 12.0. The first-order valence-electron chi connectivity index (χ1n) is 8.05. The molecule has 116 valence electrons. The molecule has 1 aromatic heterocycles. The summed E-state index contributed by atoms with van der Waals surface area (Å²) in [5, 5.41) is 13.5. The molecule has 1 saturated carbocycles. The number of rotatable bonds is 3. The summed E-state index contributed by atoms with van der Waals surface area (Å²) in [4.78, 5) is 14.2. The van der Waals surface area contributed by atoms with Crippen molar-refractivity contribution in [1.82, 2.24) is 20.8 Å². The molecule has 0 spiro atoms. The van der Waals surface area contributed by atoms with Crippen molar-refractivity contribution in [3.05, 3.63) is 11.8 Å². The SMILES string of the molecule is Cc1cc(N2CCC(NC(=O)NC3CCCC3)CC2)n[nH]1. The van der Waals surface area contributed by atoms with Gasteiger partial charge in [0.1, 0.15) is 0 Å². The van der Waals surface area contributed by atoms with Crippen LogP contribution >= 0.6 is 0 Å². The first kappa shape index (κ1) is 14.2. The fourth-order valence-corrected chi connectivity index (χ4v) is 3.30. The van der Waals surface area contributed by atoms with E-state index in [1.54, 1.807) is 0 Å². The number of urea groups is 1. The highest BCUT2D eigenvalue weighted by molar-refractivity contribution is 5.74. The van der Waals surface area contributed by atoms with Gasteiger partial charge in [-0.05, 0) is 32.6 Å². The zero-order valence-corrected chi connectivity index (χ0v) is 12.7. The van der Waals surface area contributed by atoms with Crippen LogP contribution < -0.4 is 15.5 Å². The molecule has 21 heavy (non-hydrogen) atoms. The van der Waals surface area contributed by atoms with Gasteiger partial charge in [0.25, 0.3) is 0 Å². The van der Waals surface area contributed by atoms with Crippen molar-refractivity contribution in [1.29, 1.82) is 0 Å². The van der Waals surface area contributed by atoms with Crippen molar-refractivity contribution in [2.45, 2.75) is 57.5 Å². The molecule has 3 rings (SSSR count). The van der Waals surface area contributed by atoms with E-state index in [1.807, 2.05) is 6.92 Å². The number of aromatic amines is 1. The third kappa shape index (κ3) is 3.68. The summed E-state index contributed by atoms with van der Waals surface area (Å²) in [6, 6.07) is 2.75. The first-order valence-corrected chi connectivity index (χ1v) is 8.05. The number of carbonyl (C=O) groups is 1.